The molecule has 1 rings (SSSR count). The minimum atomic E-state index is -1.51. The molecule has 1 aromatic rings. The zero-order chi connectivity index (χ0) is 31.5. The van der Waals surface area contributed by atoms with E-state index in [2.05, 4.69) is 11.7 Å². The van der Waals surface area contributed by atoms with Crippen molar-refractivity contribution in [2.45, 2.75) is 38.6 Å². The molecule has 15 heteroatoms. The largest absolute Gasteiger partial charge is 0.505 e. The summed E-state index contributed by atoms with van der Waals surface area (Å²) in [7, 11) is 0. The van der Waals surface area contributed by atoms with Gasteiger partial charge in [-0.15, -0.1) is 0 Å². The number of rotatable bonds is 23. The van der Waals surface area contributed by atoms with E-state index in [1.54, 1.807) is 0 Å². The number of ether oxygens (including phenoxy) is 2. The Morgan fingerprint density at radius 2 is 1.19 bits per heavy atom. The molecule has 0 aliphatic heterocycles. The molecule has 1 atom stereocenters. The first-order chi connectivity index (χ1) is 19.9. The normalized spacial score (nSPS) is 11.9. The number of carboxylic acids is 3. The highest BCUT2D eigenvalue weighted by Gasteiger charge is 2.25. The van der Waals surface area contributed by atoms with E-state index in [1.165, 1.54) is 14.7 Å². The molecular weight excluding hydrogens is 558 g/mol. The summed E-state index contributed by atoms with van der Waals surface area (Å²) in [6, 6.07) is 7.09. The van der Waals surface area contributed by atoms with Gasteiger partial charge in [-0.3, -0.25) is 29.1 Å². The molecule has 236 valence electrons. The number of carbonyl (C=O) groups is 5. The molecule has 5 N–H and O–H groups in total. The van der Waals surface area contributed by atoms with Crippen molar-refractivity contribution < 1.29 is 59.0 Å². The smallest absolute Gasteiger partial charge is 0.480 e. The van der Waals surface area contributed by atoms with E-state index in [9.17, 15) is 34.2 Å². The predicted octanol–water partition coefficient (Wildman–Crippen LogP) is 1.49. The molecule has 0 aliphatic carbocycles. The van der Waals surface area contributed by atoms with Gasteiger partial charge in [-0.1, -0.05) is 37.6 Å². The van der Waals surface area contributed by atoms with Crippen LogP contribution in [-0.4, -0.2) is 142 Å². The van der Waals surface area contributed by atoms with E-state index < -0.39 is 55.9 Å². The summed E-state index contributed by atoms with van der Waals surface area (Å²) in [5, 5.41) is 45.9. The maximum atomic E-state index is 11.7. The van der Waals surface area contributed by atoms with E-state index in [4.69, 9.17) is 20.1 Å². The summed E-state index contributed by atoms with van der Waals surface area (Å²) in [4.78, 5) is 60.6. The van der Waals surface area contributed by atoms with Crippen molar-refractivity contribution in [1.82, 2.24) is 14.7 Å². The third-order valence-corrected chi connectivity index (χ3v) is 6.35. The molecule has 0 saturated heterocycles. The molecule has 42 heavy (non-hydrogen) atoms. The summed E-state index contributed by atoms with van der Waals surface area (Å²) >= 11 is 0. The monoisotopic (exact) mass is 599 g/mol. The van der Waals surface area contributed by atoms with Crippen LogP contribution in [0.15, 0.2) is 24.3 Å². The van der Waals surface area contributed by atoms with Crippen LogP contribution < -0.4 is 0 Å². The lowest BCUT2D eigenvalue weighted by Gasteiger charge is -2.32. The first-order valence-corrected chi connectivity index (χ1v) is 13.5. The Hall–Kier alpha value is -3.95. The van der Waals surface area contributed by atoms with Crippen LogP contribution in [0.2, 0.25) is 0 Å². The lowest BCUT2D eigenvalue weighted by atomic mass is 10.0. The van der Waals surface area contributed by atoms with Crippen LogP contribution in [0.5, 0.6) is 0 Å². The fourth-order valence-electron chi connectivity index (χ4n) is 4.26. The standard InChI is InChI=1S/C27H41N3O12/c1-2-3-4-20-5-7-21(8-6-20)15-22(19-42-27(39)40)30(18-25(35)36)12-11-28(16-23(31)32)9-10-29(17-24(33)34)13-14-41-26(37)38/h5-8,22H,2-4,9-19H2,1H3,(H,31,32)(H,33,34)(H,35,36)(H,37,38)(H,39,40). The van der Waals surface area contributed by atoms with Crippen molar-refractivity contribution in [3.05, 3.63) is 35.4 Å². The maximum Gasteiger partial charge on any atom is 0.505 e. The maximum absolute atomic E-state index is 11.7. The Kier molecular flexibility index (Phi) is 17.2. The Balaban J connectivity index is 3.03. The van der Waals surface area contributed by atoms with Crippen LogP contribution >= 0.6 is 0 Å². The Morgan fingerprint density at radius 3 is 1.69 bits per heavy atom. The molecule has 1 unspecified atom stereocenters. The molecular formula is C27H41N3O12. The average molecular weight is 600 g/mol. The van der Waals surface area contributed by atoms with Crippen LogP contribution in [0.3, 0.4) is 0 Å². The lowest BCUT2D eigenvalue weighted by molar-refractivity contribution is -0.141. The summed E-state index contributed by atoms with van der Waals surface area (Å²) in [6.07, 6.45) is 0.272. The Bertz CT molecular complexity index is 1000. The predicted molar refractivity (Wildman–Crippen MR) is 148 cm³/mol. The molecule has 0 bridgehead atoms. The Morgan fingerprint density at radius 1 is 0.690 bits per heavy atom. The van der Waals surface area contributed by atoms with Gasteiger partial charge in [0.2, 0.25) is 0 Å². The highest BCUT2D eigenvalue weighted by Crippen LogP contribution is 2.14. The minimum absolute atomic E-state index is 0.0313. The second kappa shape index (κ2) is 20.0. The molecule has 0 spiro atoms. The molecule has 0 saturated carbocycles. The van der Waals surface area contributed by atoms with Gasteiger partial charge in [0.05, 0.1) is 19.6 Å². The number of carboxylic acid groups (broad SMARTS) is 5. The first-order valence-electron chi connectivity index (χ1n) is 13.5. The van der Waals surface area contributed by atoms with Crippen molar-refractivity contribution in [3.63, 3.8) is 0 Å². The number of aryl methyl sites for hydroxylation is 1. The van der Waals surface area contributed by atoms with Crippen LogP contribution in [0, 0.1) is 0 Å². The van der Waals surface area contributed by atoms with Gasteiger partial charge in [0, 0.05) is 38.8 Å². The quantitative estimate of drug-likeness (QED) is 0.113. The van der Waals surface area contributed by atoms with Gasteiger partial charge >= 0.3 is 30.2 Å². The van der Waals surface area contributed by atoms with E-state index in [-0.39, 0.29) is 52.4 Å². The van der Waals surface area contributed by atoms with Crippen LogP contribution in [0.25, 0.3) is 0 Å². The molecule has 0 aliphatic rings. The number of benzene rings is 1. The second-order valence-electron chi connectivity index (χ2n) is 9.67. The third kappa shape index (κ3) is 17.0. The molecule has 0 fully saturated rings. The van der Waals surface area contributed by atoms with Gasteiger partial charge in [0.25, 0.3) is 0 Å². The fraction of sp³-hybridized carbons (Fsp3) is 0.593. The topological polar surface area (TPSA) is 215 Å². The average Bonchev–Trinajstić information content (AvgIpc) is 2.90. The molecule has 0 amide bonds. The van der Waals surface area contributed by atoms with Crippen LogP contribution in [0.4, 0.5) is 9.59 Å². The van der Waals surface area contributed by atoms with E-state index in [0.717, 1.165) is 30.4 Å². The van der Waals surface area contributed by atoms with Gasteiger partial charge in [-0.2, -0.15) is 0 Å². The van der Waals surface area contributed by atoms with E-state index in [0.29, 0.717) is 0 Å². The summed E-state index contributed by atoms with van der Waals surface area (Å²) in [5.41, 5.74) is 2.00. The van der Waals surface area contributed by atoms with Gasteiger partial charge in [-0.25, -0.2) is 9.59 Å². The van der Waals surface area contributed by atoms with Gasteiger partial charge < -0.3 is 35.0 Å². The van der Waals surface area contributed by atoms with Crippen molar-refractivity contribution in [1.29, 1.82) is 0 Å². The fourth-order valence-corrected chi connectivity index (χ4v) is 4.26. The highest BCUT2D eigenvalue weighted by molar-refractivity contribution is 5.70. The van der Waals surface area contributed by atoms with Crippen molar-refractivity contribution >= 4 is 30.2 Å². The van der Waals surface area contributed by atoms with E-state index in [1.807, 2.05) is 24.3 Å². The first kappa shape index (κ1) is 36.1. The number of unbranched alkanes of at least 4 members (excludes halogenated alkanes) is 1. The number of aliphatic carboxylic acids is 3. The summed E-state index contributed by atoms with van der Waals surface area (Å²) in [6.45, 7) is 0.406. The molecule has 0 aromatic heterocycles. The second-order valence-corrected chi connectivity index (χ2v) is 9.67. The summed E-state index contributed by atoms with van der Waals surface area (Å²) in [5.74, 6) is -3.49. The highest BCUT2D eigenvalue weighted by atomic mass is 16.7. The summed E-state index contributed by atoms with van der Waals surface area (Å²) < 4.78 is 9.25. The zero-order valence-electron chi connectivity index (χ0n) is 23.7. The zero-order valence-corrected chi connectivity index (χ0v) is 23.7. The lowest BCUT2D eigenvalue weighted by Crippen LogP contribution is -2.48. The molecule has 1 aromatic carbocycles. The molecule has 15 nitrogen and oxygen atoms in total. The molecule has 0 heterocycles. The van der Waals surface area contributed by atoms with Crippen molar-refractivity contribution in [2.24, 2.45) is 0 Å². The number of nitrogens with zero attached hydrogens (tertiary/aromatic N) is 3. The number of hydrogen-bond donors (Lipinski definition) is 5. The van der Waals surface area contributed by atoms with Crippen LogP contribution in [-0.2, 0) is 36.7 Å². The van der Waals surface area contributed by atoms with Gasteiger partial charge in [0.15, 0.2) is 0 Å². The van der Waals surface area contributed by atoms with Gasteiger partial charge in [0.1, 0.15) is 13.2 Å². The van der Waals surface area contributed by atoms with Crippen LogP contribution in [0.1, 0.15) is 30.9 Å². The van der Waals surface area contributed by atoms with Crippen molar-refractivity contribution in [3.8, 4) is 0 Å². The van der Waals surface area contributed by atoms with Gasteiger partial charge in [-0.05, 0) is 30.4 Å². The SMILES string of the molecule is CCCCc1ccc(CC(COC(=O)O)N(CCN(CCN(CCOC(=O)O)CC(=O)O)CC(=O)O)CC(=O)O)cc1. The van der Waals surface area contributed by atoms with Crippen molar-refractivity contribution in [2.75, 3.05) is 65.6 Å². The molecule has 0 radical (unpaired) electrons. The number of hydrogen-bond acceptors (Lipinski definition) is 10. The minimum Gasteiger partial charge on any atom is -0.480 e. The van der Waals surface area contributed by atoms with E-state index >= 15 is 0 Å². The Labute approximate surface area is 243 Å². The third-order valence-electron chi connectivity index (χ3n) is 6.35.